The molecule has 0 fully saturated rings. The van der Waals surface area contributed by atoms with E-state index in [4.69, 9.17) is 14.2 Å². The van der Waals surface area contributed by atoms with E-state index in [1.165, 1.54) is 0 Å². The molecule has 0 aliphatic rings. The van der Waals surface area contributed by atoms with Crippen LogP contribution in [0.1, 0.15) is 22.3 Å². The normalized spacial score (nSPS) is 10.9. The zero-order chi connectivity index (χ0) is 27.6. The highest BCUT2D eigenvalue weighted by Gasteiger charge is 2.08. The summed E-state index contributed by atoms with van der Waals surface area (Å²) in [5.41, 5.74) is 6.49. The van der Waals surface area contributed by atoms with Crippen molar-refractivity contribution in [2.75, 3.05) is 7.11 Å². The first-order valence-corrected chi connectivity index (χ1v) is 13.0. The van der Waals surface area contributed by atoms with Crippen LogP contribution >= 0.6 is 0 Å². The minimum Gasteiger partial charge on any atom is -0.493 e. The zero-order valence-electron chi connectivity index (χ0n) is 22.2. The molecule has 5 aromatic rings. The van der Waals surface area contributed by atoms with Gasteiger partial charge in [-0.1, -0.05) is 78.9 Å². The van der Waals surface area contributed by atoms with Crippen molar-refractivity contribution in [1.82, 2.24) is 5.43 Å². The average molecular weight is 531 g/mol. The Morgan fingerprint density at radius 2 is 1.50 bits per heavy atom. The zero-order valence-corrected chi connectivity index (χ0v) is 22.2. The Balaban J connectivity index is 1.11. The first-order valence-electron chi connectivity index (χ1n) is 13.0. The predicted molar refractivity (Wildman–Crippen MR) is 158 cm³/mol. The van der Waals surface area contributed by atoms with Gasteiger partial charge in [-0.05, 0) is 69.4 Å². The van der Waals surface area contributed by atoms with Crippen LogP contribution in [0.4, 0.5) is 0 Å². The number of benzene rings is 5. The molecule has 0 heterocycles. The van der Waals surface area contributed by atoms with Gasteiger partial charge in [0.25, 0.3) is 0 Å². The lowest BCUT2D eigenvalue weighted by Crippen LogP contribution is -2.19. The highest BCUT2D eigenvalue weighted by Crippen LogP contribution is 2.29. The minimum absolute atomic E-state index is 0.167. The van der Waals surface area contributed by atoms with Gasteiger partial charge in [-0.25, -0.2) is 5.43 Å². The van der Waals surface area contributed by atoms with Crippen LogP contribution in [0.2, 0.25) is 0 Å². The number of amides is 1. The number of hydrogen-bond donors (Lipinski definition) is 1. The summed E-state index contributed by atoms with van der Waals surface area (Å²) >= 11 is 0. The van der Waals surface area contributed by atoms with E-state index in [1.54, 1.807) is 13.3 Å². The Morgan fingerprint density at radius 1 is 0.750 bits per heavy atom. The molecule has 0 unspecified atom stereocenters. The van der Waals surface area contributed by atoms with E-state index >= 15 is 0 Å². The van der Waals surface area contributed by atoms with Crippen LogP contribution in [0.3, 0.4) is 0 Å². The van der Waals surface area contributed by atoms with Gasteiger partial charge in [0.05, 0.1) is 19.7 Å². The summed E-state index contributed by atoms with van der Waals surface area (Å²) in [7, 11) is 1.63. The molecule has 5 aromatic carbocycles. The van der Waals surface area contributed by atoms with Gasteiger partial charge < -0.3 is 14.2 Å². The summed E-state index contributed by atoms with van der Waals surface area (Å²) in [5, 5.41) is 6.30. The fourth-order valence-corrected chi connectivity index (χ4v) is 4.31. The number of ether oxygens (including phenoxy) is 3. The van der Waals surface area contributed by atoms with Crippen molar-refractivity contribution in [3.8, 4) is 17.2 Å². The predicted octanol–water partition coefficient (Wildman–Crippen LogP) is 6.70. The number of carbonyl (C=O) groups is 1. The quantitative estimate of drug-likeness (QED) is 0.152. The molecule has 6 nitrogen and oxygen atoms in total. The number of fused-ring (bicyclic) bond motifs is 1. The highest BCUT2D eigenvalue weighted by atomic mass is 16.5. The van der Waals surface area contributed by atoms with E-state index in [9.17, 15) is 4.79 Å². The maximum Gasteiger partial charge on any atom is 0.244 e. The molecule has 200 valence electrons. The molecular weight excluding hydrogens is 500 g/mol. The van der Waals surface area contributed by atoms with Crippen LogP contribution < -0.4 is 19.6 Å². The van der Waals surface area contributed by atoms with Crippen molar-refractivity contribution in [2.45, 2.75) is 19.6 Å². The Hall–Kier alpha value is -5.10. The second-order valence-electron chi connectivity index (χ2n) is 9.23. The van der Waals surface area contributed by atoms with Crippen LogP contribution in [0.25, 0.3) is 10.8 Å². The number of hydrogen-bond acceptors (Lipinski definition) is 5. The smallest absolute Gasteiger partial charge is 0.244 e. The van der Waals surface area contributed by atoms with Crippen LogP contribution in [-0.4, -0.2) is 19.2 Å². The standard InChI is InChI=1S/C34H30N2O4/c1-38-33-20-27(16-19-32(33)40-23-26-8-3-2-4-9-26)24-39-30-17-14-25(15-18-30)22-35-36-34(37)21-29-12-7-11-28-10-5-6-13-31(28)29/h2-20,22H,21,23-24H2,1H3,(H,36,37)/b35-22+. The van der Waals surface area contributed by atoms with Gasteiger partial charge in [-0.2, -0.15) is 5.10 Å². The molecule has 0 radical (unpaired) electrons. The third-order valence-corrected chi connectivity index (χ3v) is 6.38. The summed E-state index contributed by atoms with van der Waals surface area (Å²) in [6.45, 7) is 0.851. The first kappa shape index (κ1) is 26.5. The molecule has 1 amide bonds. The molecule has 0 spiro atoms. The number of nitrogens with zero attached hydrogens (tertiary/aromatic N) is 1. The molecule has 40 heavy (non-hydrogen) atoms. The summed E-state index contributed by atoms with van der Waals surface area (Å²) in [4.78, 5) is 12.4. The van der Waals surface area contributed by atoms with E-state index < -0.39 is 0 Å². The van der Waals surface area contributed by atoms with E-state index in [0.29, 0.717) is 24.7 Å². The van der Waals surface area contributed by atoms with Crippen molar-refractivity contribution in [3.63, 3.8) is 0 Å². The lowest BCUT2D eigenvalue weighted by atomic mass is 10.0. The molecule has 0 bridgehead atoms. The molecule has 0 atom stereocenters. The van der Waals surface area contributed by atoms with Crippen LogP contribution in [0, 0.1) is 0 Å². The van der Waals surface area contributed by atoms with E-state index in [2.05, 4.69) is 10.5 Å². The molecular formula is C34H30N2O4. The van der Waals surface area contributed by atoms with E-state index in [-0.39, 0.29) is 12.3 Å². The second-order valence-corrected chi connectivity index (χ2v) is 9.23. The summed E-state index contributed by atoms with van der Waals surface area (Å²) in [5.74, 6) is 1.90. The van der Waals surface area contributed by atoms with Crippen molar-refractivity contribution >= 4 is 22.9 Å². The van der Waals surface area contributed by atoms with Gasteiger partial charge in [0.2, 0.25) is 5.91 Å². The fourth-order valence-electron chi connectivity index (χ4n) is 4.31. The molecule has 6 heteroatoms. The topological polar surface area (TPSA) is 69.2 Å². The number of rotatable bonds is 11. The maximum absolute atomic E-state index is 12.4. The SMILES string of the molecule is COc1cc(COc2ccc(/C=N/NC(=O)Cc3cccc4ccccc34)cc2)ccc1OCc1ccccc1. The van der Waals surface area contributed by atoms with Gasteiger partial charge in [-0.15, -0.1) is 0 Å². The van der Waals surface area contributed by atoms with Crippen molar-refractivity contribution in [2.24, 2.45) is 5.10 Å². The van der Waals surface area contributed by atoms with Gasteiger partial charge in [0.1, 0.15) is 19.0 Å². The Kier molecular flexibility index (Phi) is 8.69. The van der Waals surface area contributed by atoms with Crippen LogP contribution in [-0.2, 0) is 24.4 Å². The van der Waals surface area contributed by atoms with E-state index in [1.807, 2.05) is 115 Å². The molecule has 0 aliphatic carbocycles. The molecule has 0 saturated carbocycles. The molecule has 0 aromatic heterocycles. The second kappa shape index (κ2) is 13.1. The largest absolute Gasteiger partial charge is 0.493 e. The molecule has 0 aliphatic heterocycles. The number of hydrazone groups is 1. The Labute approximate surface area is 233 Å². The Bertz CT molecular complexity index is 1590. The monoisotopic (exact) mass is 530 g/mol. The van der Waals surface area contributed by atoms with Crippen molar-refractivity contribution in [3.05, 3.63) is 138 Å². The summed E-state index contributed by atoms with van der Waals surface area (Å²) in [6, 6.07) is 37.3. The minimum atomic E-state index is -0.167. The summed E-state index contributed by atoms with van der Waals surface area (Å²) < 4.78 is 17.4. The lowest BCUT2D eigenvalue weighted by Gasteiger charge is -2.13. The van der Waals surface area contributed by atoms with Gasteiger partial charge in [0.15, 0.2) is 11.5 Å². The summed E-state index contributed by atoms with van der Waals surface area (Å²) in [6.07, 6.45) is 1.88. The fraction of sp³-hybridized carbons (Fsp3) is 0.118. The van der Waals surface area contributed by atoms with Crippen molar-refractivity contribution < 1.29 is 19.0 Å². The lowest BCUT2D eigenvalue weighted by molar-refractivity contribution is -0.120. The molecule has 0 saturated heterocycles. The average Bonchev–Trinajstić information content (AvgIpc) is 3.00. The number of carbonyl (C=O) groups excluding carboxylic acids is 1. The third-order valence-electron chi connectivity index (χ3n) is 6.38. The molecule has 1 N–H and O–H groups in total. The van der Waals surface area contributed by atoms with Gasteiger partial charge in [0, 0.05) is 0 Å². The van der Waals surface area contributed by atoms with E-state index in [0.717, 1.165) is 38.8 Å². The van der Waals surface area contributed by atoms with Gasteiger partial charge >= 0.3 is 0 Å². The number of methoxy groups -OCH3 is 1. The van der Waals surface area contributed by atoms with Crippen molar-refractivity contribution in [1.29, 1.82) is 0 Å². The highest BCUT2D eigenvalue weighted by molar-refractivity contribution is 5.90. The van der Waals surface area contributed by atoms with Crippen LogP contribution in [0.15, 0.2) is 120 Å². The maximum atomic E-state index is 12.4. The third kappa shape index (κ3) is 7.05. The van der Waals surface area contributed by atoms with Crippen LogP contribution in [0.5, 0.6) is 17.2 Å². The first-order chi connectivity index (χ1) is 19.7. The molecule has 5 rings (SSSR count). The van der Waals surface area contributed by atoms with Gasteiger partial charge in [-0.3, -0.25) is 4.79 Å². The number of nitrogens with one attached hydrogen (secondary N) is 1. The Morgan fingerprint density at radius 3 is 2.33 bits per heavy atom.